The van der Waals surface area contributed by atoms with Crippen molar-refractivity contribution >= 4 is 33.5 Å². The number of sulfonamides is 1. The van der Waals surface area contributed by atoms with Crippen molar-refractivity contribution in [3.63, 3.8) is 0 Å². The van der Waals surface area contributed by atoms with Crippen molar-refractivity contribution in [3.05, 3.63) is 54.2 Å². The minimum Gasteiger partial charge on any atom is -0.370 e. The Kier molecular flexibility index (Phi) is 7.81. The molecule has 1 aliphatic rings. The summed E-state index contributed by atoms with van der Waals surface area (Å²) in [6.45, 7) is 6.57. The molecule has 1 aromatic heterocycles. The third-order valence-corrected chi connectivity index (χ3v) is 7.43. The lowest BCUT2D eigenvalue weighted by atomic mass is 10.1. The number of hydrogen-bond acceptors (Lipinski definition) is 5. The number of hydrogen-bond donors (Lipinski definition) is 1. The third-order valence-electron chi connectivity index (χ3n) is 5.37. The topological polar surface area (TPSA) is 82.6 Å². The Morgan fingerprint density at radius 3 is 2.32 bits per heavy atom. The van der Waals surface area contributed by atoms with Gasteiger partial charge >= 0.3 is 0 Å². The van der Waals surface area contributed by atoms with Gasteiger partial charge in [-0.2, -0.15) is 4.31 Å². The lowest BCUT2D eigenvalue weighted by Gasteiger charge is -2.28. The van der Waals surface area contributed by atoms with E-state index >= 15 is 0 Å². The van der Waals surface area contributed by atoms with Crippen LogP contribution in [0.3, 0.4) is 0 Å². The van der Waals surface area contributed by atoms with Gasteiger partial charge in [-0.05, 0) is 55.2 Å². The Hall–Kier alpha value is -2.71. The first-order valence-corrected chi connectivity index (χ1v) is 12.2. The number of carbonyl (C=O) groups excluding carboxylic acids is 1. The molecule has 7 nitrogen and oxygen atoms in total. The minimum atomic E-state index is -3.48. The molecule has 0 bridgehead atoms. The summed E-state index contributed by atoms with van der Waals surface area (Å²) >= 11 is 0. The molecule has 1 saturated heterocycles. The van der Waals surface area contributed by atoms with E-state index in [0.29, 0.717) is 18.9 Å². The average molecular weight is 443 g/mol. The summed E-state index contributed by atoms with van der Waals surface area (Å²) in [5.41, 5.74) is 1.81. The van der Waals surface area contributed by atoms with E-state index in [4.69, 9.17) is 0 Å². The number of rotatable bonds is 8. The molecule has 0 saturated carbocycles. The second-order valence-corrected chi connectivity index (χ2v) is 9.37. The number of anilines is 2. The highest BCUT2D eigenvalue weighted by atomic mass is 32.2. The first-order valence-electron chi connectivity index (χ1n) is 10.7. The molecule has 1 fully saturated rings. The van der Waals surface area contributed by atoms with Crippen molar-refractivity contribution in [2.24, 2.45) is 0 Å². The maximum absolute atomic E-state index is 12.5. The second kappa shape index (κ2) is 10.5. The average Bonchev–Trinajstić information content (AvgIpc) is 2.80. The number of carbonyl (C=O) groups is 1. The first kappa shape index (κ1) is 23.0. The fourth-order valence-corrected chi connectivity index (χ4v) is 5.06. The Morgan fingerprint density at radius 2 is 1.74 bits per heavy atom. The monoisotopic (exact) mass is 442 g/mol. The Labute approximate surface area is 184 Å². The molecule has 31 heavy (non-hydrogen) atoms. The van der Waals surface area contributed by atoms with Gasteiger partial charge in [0.15, 0.2) is 0 Å². The number of benzene rings is 1. The lowest BCUT2D eigenvalue weighted by molar-refractivity contribution is -0.111. The molecular weight excluding hydrogens is 412 g/mol. The molecule has 0 radical (unpaired) electrons. The second-order valence-electron chi connectivity index (χ2n) is 7.43. The number of piperidine rings is 1. The van der Waals surface area contributed by atoms with E-state index in [9.17, 15) is 13.2 Å². The molecule has 0 atom stereocenters. The van der Waals surface area contributed by atoms with Crippen LogP contribution in [0, 0.1) is 0 Å². The Bertz CT molecular complexity index is 992. The molecular formula is C23H30N4O3S. The van der Waals surface area contributed by atoms with Crippen LogP contribution in [0.2, 0.25) is 0 Å². The normalized spacial score (nSPS) is 14.9. The fourth-order valence-electron chi connectivity index (χ4n) is 3.60. The molecule has 2 aromatic rings. The summed E-state index contributed by atoms with van der Waals surface area (Å²) in [4.78, 5) is 19.1. The van der Waals surface area contributed by atoms with Gasteiger partial charge in [-0.1, -0.05) is 26.0 Å². The van der Waals surface area contributed by atoms with Crippen LogP contribution in [0.4, 0.5) is 11.5 Å². The van der Waals surface area contributed by atoms with Crippen molar-refractivity contribution < 1.29 is 13.2 Å². The van der Waals surface area contributed by atoms with E-state index in [1.165, 1.54) is 29.6 Å². The van der Waals surface area contributed by atoms with E-state index in [2.05, 4.69) is 15.2 Å². The largest absolute Gasteiger partial charge is 0.370 e. The summed E-state index contributed by atoms with van der Waals surface area (Å²) in [5.74, 6) is 0.203. The molecule has 1 N–H and O–H groups in total. The van der Waals surface area contributed by atoms with Crippen LogP contribution in [0.5, 0.6) is 0 Å². The van der Waals surface area contributed by atoms with Crippen molar-refractivity contribution in [2.75, 3.05) is 36.4 Å². The quantitative estimate of drug-likeness (QED) is 0.630. The van der Waals surface area contributed by atoms with Crippen molar-refractivity contribution in [1.29, 1.82) is 0 Å². The number of aromatic nitrogens is 1. The number of amides is 1. The van der Waals surface area contributed by atoms with E-state index < -0.39 is 10.0 Å². The molecule has 1 amide bonds. The van der Waals surface area contributed by atoms with Crippen molar-refractivity contribution in [2.45, 2.75) is 38.0 Å². The zero-order valence-electron chi connectivity index (χ0n) is 18.1. The zero-order chi connectivity index (χ0) is 22.3. The highest BCUT2D eigenvalue weighted by molar-refractivity contribution is 7.89. The number of pyridine rings is 1. The van der Waals surface area contributed by atoms with Crippen LogP contribution in [-0.4, -0.2) is 49.8 Å². The highest BCUT2D eigenvalue weighted by Gasteiger charge is 2.21. The molecule has 1 aliphatic heterocycles. The van der Waals surface area contributed by atoms with Crippen LogP contribution in [0.15, 0.2) is 53.6 Å². The van der Waals surface area contributed by atoms with Crippen LogP contribution >= 0.6 is 0 Å². The van der Waals surface area contributed by atoms with Gasteiger partial charge in [-0.3, -0.25) is 4.79 Å². The van der Waals surface area contributed by atoms with E-state index in [0.717, 1.165) is 24.3 Å². The third kappa shape index (κ3) is 5.92. The van der Waals surface area contributed by atoms with Gasteiger partial charge in [-0.15, -0.1) is 0 Å². The van der Waals surface area contributed by atoms with E-state index in [-0.39, 0.29) is 10.8 Å². The van der Waals surface area contributed by atoms with Crippen LogP contribution < -0.4 is 10.2 Å². The maximum atomic E-state index is 12.5. The number of nitrogens with one attached hydrogen (secondary N) is 1. The van der Waals surface area contributed by atoms with Crippen LogP contribution in [0.1, 0.15) is 38.7 Å². The molecule has 0 spiro atoms. The predicted octanol–water partition coefficient (Wildman–Crippen LogP) is 3.75. The van der Waals surface area contributed by atoms with E-state index in [1.807, 2.05) is 26.0 Å². The zero-order valence-corrected chi connectivity index (χ0v) is 18.9. The van der Waals surface area contributed by atoms with Gasteiger partial charge in [0.1, 0.15) is 5.82 Å². The standard InChI is InChI=1S/C23H30N4O3S/c1-3-27(4-2)31(29,30)21-12-8-19(9-13-21)10-15-23(28)25-22-14-11-20(18-24-22)26-16-6-5-7-17-26/h8-15,18H,3-7,16-17H2,1-2H3,(H,24,25,28). The summed E-state index contributed by atoms with van der Waals surface area (Å²) in [5, 5.41) is 2.75. The van der Waals surface area contributed by atoms with Crippen molar-refractivity contribution in [3.8, 4) is 0 Å². The van der Waals surface area contributed by atoms with Gasteiger partial charge in [0, 0.05) is 32.3 Å². The molecule has 3 rings (SSSR count). The molecule has 2 heterocycles. The highest BCUT2D eigenvalue weighted by Crippen LogP contribution is 2.20. The van der Waals surface area contributed by atoms with Gasteiger partial charge in [0.2, 0.25) is 15.9 Å². The smallest absolute Gasteiger partial charge is 0.249 e. The fraction of sp³-hybridized carbons (Fsp3) is 0.391. The molecule has 0 unspecified atom stereocenters. The summed E-state index contributed by atoms with van der Waals surface area (Å²) in [6.07, 6.45) is 8.52. The summed E-state index contributed by atoms with van der Waals surface area (Å²) in [7, 11) is -3.48. The molecule has 8 heteroatoms. The molecule has 1 aromatic carbocycles. The van der Waals surface area contributed by atoms with Gasteiger partial charge < -0.3 is 10.2 Å². The van der Waals surface area contributed by atoms with Crippen LogP contribution in [0.25, 0.3) is 6.08 Å². The van der Waals surface area contributed by atoms with Gasteiger partial charge in [0.25, 0.3) is 0 Å². The lowest BCUT2D eigenvalue weighted by Crippen LogP contribution is -2.30. The number of nitrogens with zero attached hydrogens (tertiary/aromatic N) is 3. The molecule has 0 aliphatic carbocycles. The minimum absolute atomic E-state index is 0.246. The van der Waals surface area contributed by atoms with E-state index in [1.54, 1.807) is 36.5 Å². The van der Waals surface area contributed by atoms with Crippen molar-refractivity contribution in [1.82, 2.24) is 9.29 Å². The summed E-state index contributed by atoms with van der Waals surface area (Å²) < 4.78 is 26.5. The maximum Gasteiger partial charge on any atom is 0.249 e. The Morgan fingerprint density at radius 1 is 1.06 bits per heavy atom. The SMILES string of the molecule is CCN(CC)S(=O)(=O)c1ccc(C=CC(=O)Nc2ccc(N3CCCCC3)cn2)cc1. The van der Waals surface area contributed by atoms with Gasteiger partial charge in [-0.25, -0.2) is 13.4 Å². The van der Waals surface area contributed by atoms with Gasteiger partial charge in [0.05, 0.1) is 16.8 Å². The van der Waals surface area contributed by atoms with Crippen LogP contribution in [-0.2, 0) is 14.8 Å². The predicted molar refractivity (Wildman–Crippen MR) is 125 cm³/mol. The molecule has 166 valence electrons. The first-order chi connectivity index (χ1) is 14.9. The summed E-state index contributed by atoms with van der Waals surface area (Å²) in [6, 6.07) is 10.3. The Balaban J connectivity index is 1.58.